The summed E-state index contributed by atoms with van der Waals surface area (Å²) >= 11 is 3.48. The minimum absolute atomic E-state index is 0.101. The molecule has 1 aliphatic rings. The first-order chi connectivity index (χ1) is 7.91. The largest absolute Gasteiger partial charge is 0.274 e. The second kappa shape index (κ2) is 4.26. The zero-order valence-electron chi connectivity index (χ0n) is 10.1. The van der Waals surface area contributed by atoms with Gasteiger partial charge >= 0.3 is 0 Å². The highest BCUT2D eigenvalue weighted by atomic mass is 79.9. The van der Waals surface area contributed by atoms with Gasteiger partial charge in [-0.15, -0.1) is 0 Å². The van der Waals surface area contributed by atoms with Crippen molar-refractivity contribution >= 4 is 33.4 Å². The van der Waals surface area contributed by atoms with Crippen molar-refractivity contribution in [1.82, 2.24) is 0 Å². The molecule has 0 aromatic heterocycles. The minimum atomic E-state index is -0.202. The lowest BCUT2D eigenvalue weighted by atomic mass is 10.1. The third-order valence-electron chi connectivity index (χ3n) is 3.05. The normalized spacial score (nSPS) is 20.2. The lowest BCUT2D eigenvalue weighted by Crippen LogP contribution is -2.30. The van der Waals surface area contributed by atoms with Crippen molar-refractivity contribution in [3.63, 3.8) is 0 Å². The predicted molar refractivity (Wildman–Crippen MR) is 69.9 cm³/mol. The monoisotopic (exact) mass is 295 g/mol. The van der Waals surface area contributed by atoms with Gasteiger partial charge in [0.2, 0.25) is 11.8 Å². The lowest BCUT2D eigenvalue weighted by Gasteiger charge is -2.17. The molecule has 1 aliphatic heterocycles. The van der Waals surface area contributed by atoms with Gasteiger partial charge in [-0.3, -0.25) is 14.5 Å². The number of nitrogens with zero attached hydrogens (tertiary/aromatic N) is 1. The molecule has 0 bridgehead atoms. The Balaban J connectivity index is 2.48. The van der Waals surface area contributed by atoms with Gasteiger partial charge in [0.25, 0.3) is 0 Å². The molecule has 2 rings (SSSR count). The van der Waals surface area contributed by atoms with Crippen LogP contribution in [0.3, 0.4) is 0 Å². The Morgan fingerprint density at radius 3 is 2.18 bits per heavy atom. The van der Waals surface area contributed by atoms with E-state index in [4.69, 9.17) is 0 Å². The van der Waals surface area contributed by atoms with Crippen molar-refractivity contribution in [2.75, 3.05) is 4.90 Å². The van der Waals surface area contributed by atoms with Crippen LogP contribution in [0.1, 0.15) is 24.5 Å². The lowest BCUT2D eigenvalue weighted by molar-refractivity contribution is -0.122. The Bertz CT molecular complexity index is 487. The summed E-state index contributed by atoms with van der Waals surface area (Å²) in [5.41, 5.74) is 2.74. The fourth-order valence-electron chi connectivity index (χ4n) is 2.11. The summed E-state index contributed by atoms with van der Waals surface area (Å²) in [5.74, 6) is -0.411. The van der Waals surface area contributed by atoms with Crippen LogP contribution in [0, 0.1) is 19.8 Å². The molecule has 1 fully saturated rings. The van der Waals surface area contributed by atoms with E-state index in [1.54, 1.807) is 6.92 Å². The first-order valence-corrected chi connectivity index (χ1v) is 6.34. The fraction of sp³-hybridized carbons (Fsp3) is 0.385. The van der Waals surface area contributed by atoms with E-state index in [1.807, 2.05) is 26.0 Å². The van der Waals surface area contributed by atoms with E-state index < -0.39 is 0 Å². The third-order valence-corrected chi connectivity index (χ3v) is 4.30. The molecule has 0 N–H and O–H groups in total. The van der Waals surface area contributed by atoms with Crippen LogP contribution < -0.4 is 4.90 Å². The molecule has 0 radical (unpaired) electrons. The average molecular weight is 296 g/mol. The number of benzene rings is 1. The van der Waals surface area contributed by atoms with E-state index >= 15 is 0 Å². The molecular weight excluding hydrogens is 282 g/mol. The van der Waals surface area contributed by atoms with Crippen LogP contribution in [0.2, 0.25) is 0 Å². The fourth-order valence-corrected chi connectivity index (χ4v) is 2.34. The van der Waals surface area contributed by atoms with Crippen LogP contribution in [0.25, 0.3) is 0 Å². The summed E-state index contributed by atoms with van der Waals surface area (Å²) in [4.78, 5) is 25.0. The van der Waals surface area contributed by atoms with Crippen LogP contribution in [0.5, 0.6) is 0 Å². The van der Waals surface area contributed by atoms with Crippen molar-refractivity contribution in [2.24, 2.45) is 5.92 Å². The summed E-state index contributed by atoms with van der Waals surface area (Å²) in [7, 11) is 0. The number of carbonyl (C=O) groups is 2. The molecule has 1 saturated heterocycles. The van der Waals surface area contributed by atoms with Crippen LogP contribution in [0.4, 0.5) is 5.69 Å². The van der Waals surface area contributed by atoms with Crippen LogP contribution >= 0.6 is 15.9 Å². The Morgan fingerprint density at radius 2 is 1.76 bits per heavy atom. The van der Waals surface area contributed by atoms with Gasteiger partial charge in [0.1, 0.15) is 0 Å². The number of halogens is 1. The SMILES string of the molecule is Cc1cc(N2C(=O)CC(C)C2=O)cc(C)c1Br. The molecular formula is C13H14BrNO2. The van der Waals surface area contributed by atoms with Crippen LogP contribution in [0.15, 0.2) is 16.6 Å². The van der Waals surface area contributed by atoms with Gasteiger partial charge in [-0.2, -0.15) is 0 Å². The number of amides is 2. The standard InChI is InChI=1S/C13H14BrNO2/c1-7-4-10(5-8(2)12(7)14)15-11(16)6-9(3)13(15)17/h4-5,9H,6H2,1-3H3. The van der Waals surface area contributed by atoms with E-state index in [-0.39, 0.29) is 17.7 Å². The quantitative estimate of drug-likeness (QED) is 0.747. The average Bonchev–Trinajstić information content (AvgIpc) is 2.49. The molecule has 0 saturated carbocycles. The summed E-state index contributed by atoms with van der Waals surface area (Å²) in [5, 5.41) is 0. The topological polar surface area (TPSA) is 37.4 Å². The highest BCUT2D eigenvalue weighted by Gasteiger charge is 2.36. The second-order valence-electron chi connectivity index (χ2n) is 4.57. The zero-order chi connectivity index (χ0) is 12.7. The van der Waals surface area contributed by atoms with E-state index in [1.165, 1.54) is 4.90 Å². The molecule has 1 unspecified atom stereocenters. The number of imide groups is 1. The van der Waals surface area contributed by atoms with Gasteiger partial charge in [0.05, 0.1) is 5.69 Å². The number of hydrogen-bond acceptors (Lipinski definition) is 2. The van der Waals surface area contributed by atoms with Gasteiger partial charge < -0.3 is 0 Å². The maximum atomic E-state index is 11.9. The van der Waals surface area contributed by atoms with E-state index in [9.17, 15) is 9.59 Å². The number of anilines is 1. The minimum Gasteiger partial charge on any atom is -0.274 e. The van der Waals surface area contributed by atoms with Gasteiger partial charge in [0, 0.05) is 16.8 Å². The molecule has 1 aromatic carbocycles. The smallest absolute Gasteiger partial charge is 0.237 e. The third kappa shape index (κ3) is 2.02. The van der Waals surface area contributed by atoms with Crippen LogP contribution in [-0.2, 0) is 9.59 Å². The summed E-state index contributed by atoms with van der Waals surface area (Å²) in [6.07, 6.45) is 0.312. The summed E-state index contributed by atoms with van der Waals surface area (Å²) in [6, 6.07) is 3.73. The molecule has 90 valence electrons. The first-order valence-electron chi connectivity index (χ1n) is 5.55. The summed E-state index contributed by atoms with van der Waals surface area (Å²) in [6.45, 7) is 5.70. The second-order valence-corrected chi connectivity index (χ2v) is 5.36. The van der Waals surface area contributed by atoms with E-state index in [2.05, 4.69) is 15.9 Å². The molecule has 1 atom stereocenters. The van der Waals surface area contributed by atoms with Gasteiger partial charge in [0.15, 0.2) is 0 Å². The number of hydrogen-bond donors (Lipinski definition) is 0. The Kier molecular flexibility index (Phi) is 3.08. The molecule has 4 heteroatoms. The van der Waals surface area contributed by atoms with Crippen molar-refractivity contribution < 1.29 is 9.59 Å². The molecule has 1 heterocycles. The zero-order valence-corrected chi connectivity index (χ0v) is 11.7. The number of carbonyl (C=O) groups excluding carboxylic acids is 2. The molecule has 0 spiro atoms. The molecule has 17 heavy (non-hydrogen) atoms. The Labute approximate surface area is 109 Å². The molecule has 0 aliphatic carbocycles. The van der Waals surface area contributed by atoms with Crippen molar-refractivity contribution in [1.29, 1.82) is 0 Å². The highest BCUT2D eigenvalue weighted by molar-refractivity contribution is 9.10. The number of aryl methyl sites for hydroxylation is 2. The summed E-state index contributed by atoms with van der Waals surface area (Å²) < 4.78 is 1.02. The van der Waals surface area contributed by atoms with Crippen molar-refractivity contribution in [2.45, 2.75) is 27.2 Å². The van der Waals surface area contributed by atoms with Gasteiger partial charge in [-0.25, -0.2) is 0 Å². The van der Waals surface area contributed by atoms with Crippen LogP contribution in [-0.4, -0.2) is 11.8 Å². The molecule has 3 nitrogen and oxygen atoms in total. The van der Waals surface area contributed by atoms with E-state index in [0.29, 0.717) is 12.1 Å². The maximum absolute atomic E-state index is 11.9. The molecule has 1 aromatic rings. The van der Waals surface area contributed by atoms with Crippen molar-refractivity contribution in [3.8, 4) is 0 Å². The number of rotatable bonds is 1. The Morgan fingerprint density at radius 1 is 1.24 bits per heavy atom. The Hall–Kier alpha value is -1.16. The van der Waals surface area contributed by atoms with Crippen molar-refractivity contribution in [3.05, 3.63) is 27.7 Å². The van der Waals surface area contributed by atoms with E-state index in [0.717, 1.165) is 15.6 Å². The van der Waals surface area contributed by atoms with Gasteiger partial charge in [-0.05, 0) is 37.1 Å². The molecule has 2 amide bonds. The highest BCUT2D eigenvalue weighted by Crippen LogP contribution is 2.31. The maximum Gasteiger partial charge on any atom is 0.237 e. The first kappa shape index (κ1) is 12.3. The predicted octanol–water partition coefficient (Wildman–Crippen LogP) is 2.97. The van der Waals surface area contributed by atoms with Gasteiger partial charge in [-0.1, -0.05) is 22.9 Å².